The molecule has 2 heterocycles. The average molecular weight is 348 g/mol. The molecule has 1 aliphatic carbocycles. The Kier molecular flexibility index (Phi) is 4.20. The molecule has 122 valence electrons. The van der Waals surface area contributed by atoms with Gasteiger partial charge in [0.1, 0.15) is 0 Å². The summed E-state index contributed by atoms with van der Waals surface area (Å²) in [5, 5.41) is 1.09. The van der Waals surface area contributed by atoms with Crippen LogP contribution in [-0.4, -0.2) is 48.2 Å². The van der Waals surface area contributed by atoms with Gasteiger partial charge in [-0.2, -0.15) is 0 Å². The zero-order valence-corrected chi connectivity index (χ0v) is 15.0. The van der Waals surface area contributed by atoms with Gasteiger partial charge in [0.2, 0.25) is 5.91 Å². The summed E-state index contributed by atoms with van der Waals surface area (Å²) in [7, 11) is 0. The molecular formula is C17H21N3OS2. The predicted molar refractivity (Wildman–Crippen MR) is 97.5 cm³/mol. The number of thiazole rings is 1. The Morgan fingerprint density at radius 3 is 2.70 bits per heavy atom. The summed E-state index contributed by atoms with van der Waals surface area (Å²) < 4.78 is 1.25. The number of benzene rings is 1. The van der Waals surface area contributed by atoms with E-state index in [4.69, 9.17) is 4.98 Å². The third kappa shape index (κ3) is 2.83. The molecule has 2 aromatic rings. The molecule has 1 aromatic heterocycles. The first-order chi connectivity index (χ1) is 11.3. The molecule has 4 rings (SSSR count). The summed E-state index contributed by atoms with van der Waals surface area (Å²) in [6.45, 7) is 3.46. The van der Waals surface area contributed by atoms with Gasteiger partial charge in [0.05, 0.1) is 10.2 Å². The van der Waals surface area contributed by atoms with E-state index in [2.05, 4.69) is 34.3 Å². The number of nitrogens with zero attached hydrogens (tertiary/aromatic N) is 3. The standard InChI is InChI=1S/C17H21N3OS2/c1-22-13-6-3-7-14-15(13)18-17(23-14)20-10-8-19(9-11-20)16(21)12-4-2-5-12/h3,6-7,12H,2,4-5,8-11H2,1H3. The minimum absolute atomic E-state index is 0.313. The molecule has 1 aliphatic heterocycles. The first kappa shape index (κ1) is 15.3. The Balaban J connectivity index is 1.47. The van der Waals surface area contributed by atoms with Crippen molar-refractivity contribution in [3.8, 4) is 0 Å². The van der Waals surface area contributed by atoms with E-state index < -0.39 is 0 Å². The number of rotatable bonds is 3. The number of aromatic nitrogens is 1. The van der Waals surface area contributed by atoms with E-state index in [1.807, 2.05) is 0 Å². The summed E-state index contributed by atoms with van der Waals surface area (Å²) in [6, 6.07) is 6.38. The molecule has 2 aliphatic rings. The van der Waals surface area contributed by atoms with Crippen LogP contribution in [0.1, 0.15) is 19.3 Å². The average Bonchev–Trinajstić information content (AvgIpc) is 2.97. The van der Waals surface area contributed by atoms with Crippen LogP contribution in [0.5, 0.6) is 0 Å². The summed E-state index contributed by atoms with van der Waals surface area (Å²) in [5.41, 5.74) is 1.12. The first-order valence-electron chi connectivity index (χ1n) is 8.23. The van der Waals surface area contributed by atoms with Crippen molar-refractivity contribution in [1.82, 2.24) is 9.88 Å². The fourth-order valence-corrected chi connectivity index (χ4v) is 4.92. The monoisotopic (exact) mass is 347 g/mol. The van der Waals surface area contributed by atoms with Crippen LogP contribution in [0.3, 0.4) is 0 Å². The number of hydrogen-bond donors (Lipinski definition) is 0. The summed E-state index contributed by atoms with van der Waals surface area (Å²) in [6.07, 6.45) is 5.50. The van der Waals surface area contributed by atoms with Gasteiger partial charge in [0.15, 0.2) is 5.13 Å². The van der Waals surface area contributed by atoms with Crippen molar-refractivity contribution in [2.24, 2.45) is 5.92 Å². The van der Waals surface area contributed by atoms with Crippen molar-refractivity contribution in [2.75, 3.05) is 37.3 Å². The fourth-order valence-electron chi connectivity index (χ4n) is 3.24. The minimum atomic E-state index is 0.313. The molecule has 0 bridgehead atoms. The van der Waals surface area contributed by atoms with Gasteiger partial charge in [-0.15, -0.1) is 11.8 Å². The topological polar surface area (TPSA) is 36.4 Å². The van der Waals surface area contributed by atoms with Crippen molar-refractivity contribution in [3.63, 3.8) is 0 Å². The lowest BCUT2D eigenvalue weighted by molar-refractivity contribution is -0.138. The molecule has 4 nitrogen and oxygen atoms in total. The third-order valence-corrected chi connectivity index (χ3v) is 6.76. The molecule has 1 saturated carbocycles. The molecule has 2 fully saturated rings. The van der Waals surface area contributed by atoms with Gasteiger partial charge in [0, 0.05) is 37.0 Å². The SMILES string of the molecule is CSc1cccc2sc(N3CCN(C(=O)C4CCC4)CC3)nc12. The third-order valence-electron chi connectivity index (χ3n) is 4.91. The van der Waals surface area contributed by atoms with Crippen LogP contribution in [0, 0.1) is 5.92 Å². The number of thioether (sulfide) groups is 1. The van der Waals surface area contributed by atoms with E-state index in [0.717, 1.165) is 49.7 Å². The highest BCUT2D eigenvalue weighted by molar-refractivity contribution is 7.98. The quantitative estimate of drug-likeness (QED) is 0.797. The van der Waals surface area contributed by atoms with Crippen molar-refractivity contribution in [1.29, 1.82) is 0 Å². The van der Waals surface area contributed by atoms with Crippen LogP contribution in [0.4, 0.5) is 5.13 Å². The van der Waals surface area contributed by atoms with Gasteiger partial charge < -0.3 is 9.80 Å². The van der Waals surface area contributed by atoms with Crippen LogP contribution < -0.4 is 4.90 Å². The summed E-state index contributed by atoms with van der Waals surface area (Å²) >= 11 is 3.51. The van der Waals surface area contributed by atoms with E-state index in [1.165, 1.54) is 16.0 Å². The molecule has 1 amide bonds. The highest BCUT2D eigenvalue weighted by Gasteiger charge is 2.31. The lowest BCUT2D eigenvalue weighted by Gasteiger charge is -2.38. The van der Waals surface area contributed by atoms with Crippen LogP contribution >= 0.6 is 23.1 Å². The van der Waals surface area contributed by atoms with Gasteiger partial charge in [-0.25, -0.2) is 4.98 Å². The highest BCUT2D eigenvalue weighted by Crippen LogP contribution is 2.34. The van der Waals surface area contributed by atoms with Gasteiger partial charge in [-0.1, -0.05) is 23.8 Å². The van der Waals surface area contributed by atoms with E-state index in [0.29, 0.717) is 11.8 Å². The largest absolute Gasteiger partial charge is 0.345 e. The van der Waals surface area contributed by atoms with E-state index in [-0.39, 0.29) is 0 Å². The zero-order valence-electron chi connectivity index (χ0n) is 13.3. The van der Waals surface area contributed by atoms with Crippen molar-refractivity contribution in [2.45, 2.75) is 24.2 Å². The Hall–Kier alpha value is -1.27. The van der Waals surface area contributed by atoms with Gasteiger partial charge >= 0.3 is 0 Å². The van der Waals surface area contributed by atoms with Crippen LogP contribution in [0.2, 0.25) is 0 Å². The first-order valence-corrected chi connectivity index (χ1v) is 10.3. The number of carbonyl (C=O) groups excluding carboxylic acids is 1. The van der Waals surface area contributed by atoms with Crippen LogP contribution in [0.15, 0.2) is 23.1 Å². The number of para-hydroxylation sites is 1. The van der Waals surface area contributed by atoms with E-state index in [1.54, 1.807) is 23.1 Å². The van der Waals surface area contributed by atoms with Crippen molar-refractivity contribution in [3.05, 3.63) is 18.2 Å². The number of anilines is 1. The second-order valence-corrected chi connectivity index (χ2v) is 8.10. The fraction of sp³-hybridized carbons (Fsp3) is 0.529. The number of fused-ring (bicyclic) bond motifs is 1. The molecule has 0 atom stereocenters. The van der Waals surface area contributed by atoms with Crippen LogP contribution in [-0.2, 0) is 4.79 Å². The molecule has 1 aromatic carbocycles. The lowest BCUT2D eigenvalue weighted by atomic mass is 9.84. The van der Waals surface area contributed by atoms with Gasteiger partial charge in [-0.05, 0) is 31.2 Å². The van der Waals surface area contributed by atoms with E-state index in [9.17, 15) is 4.79 Å². The molecule has 0 spiro atoms. The number of carbonyl (C=O) groups is 1. The molecular weight excluding hydrogens is 326 g/mol. The smallest absolute Gasteiger partial charge is 0.225 e. The maximum absolute atomic E-state index is 12.3. The number of hydrogen-bond acceptors (Lipinski definition) is 5. The van der Waals surface area contributed by atoms with Crippen molar-refractivity contribution < 1.29 is 4.79 Å². The summed E-state index contributed by atoms with van der Waals surface area (Å²) in [5.74, 6) is 0.693. The maximum atomic E-state index is 12.3. The molecule has 23 heavy (non-hydrogen) atoms. The van der Waals surface area contributed by atoms with Crippen LogP contribution in [0.25, 0.3) is 10.2 Å². The number of piperazine rings is 1. The molecule has 0 unspecified atom stereocenters. The number of amides is 1. The minimum Gasteiger partial charge on any atom is -0.345 e. The molecule has 0 radical (unpaired) electrons. The van der Waals surface area contributed by atoms with Crippen molar-refractivity contribution >= 4 is 44.4 Å². The molecule has 6 heteroatoms. The predicted octanol–water partition coefficient (Wildman–Crippen LogP) is 3.47. The lowest BCUT2D eigenvalue weighted by Crippen LogP contribution is -2.51. The Morgan fingerprint density at radius 2 is 2.04 bits per heavy atom. The second-order valence-electron chi connectivity index (χ2n) is 6.24. The normalized spacial score (nSPS) is 19.2. The van der Waals surface area contributed by atoms with E-state index >= 15 is 0 Å². The molecule has 0 N–H and O–H groups in total. The second kappa shape index (κ2) is 6.32. The Morgan fingerprint density at radius 1 is 1.26 bits per heavy atom. The Labute approximate surface area is 144 Å². The van der Waals surface area contributed by atoms with Gasteiger partial charge in [-0.3, -0.25) is 4.79 Å². The zero-order chi connectivity index (χ0) is 15.8. The van der Waals surface area contributed by atoms with Gasteiger partial charge in [0.25, 0.3) is 0 Å². The Bertz CT molecular complexity index is 718. The summed E-state index contributed by atoms with van der Waals surface area (Å²) in [4.78, 5) is 22.8. The highest BCUT2D eigenvalue weighted by atomic mass is 32.2. The maximum Gasteiger partial charge on any atom is 0.225 e. The molecule has 1 saturated heterocycles.